The van der Waals surface area contributed by atoms with Crippen LogP contribution in [0.1, 0.15) is 33.3 Å². The van der Waals surface area contributed by atoms with Crippen LogP contribution in [0.25, 0.3) is 28.2 Å². The van der Waals surface area contributed by atoms with Gasteiger partial charge in [-0.25, -0.2) is 0 Å². The van der Waals surface area contributed by atoms with Gasteiger partial charge >= 0.3 is 0 Å². The van der Waals surface area contributed by atoms with Gasteiger partial charge in [-0.1, -0.05) is 5.57 Å². The smallest absolute Gasteiger partial charge is 0.204 e. The van der Waals surface area contributed by atoms with E-state index in [9.17, 15) is 15.0 Å². The molecule has 0 atom stereocenters. The van der Waals surface area contributed by atoms with Gasteiger partial charge < -0.3 is 24.1 Å². The fraction of sp³-hybridized carbons (Fsp3) is 0.240. The van der Waals surface area contributed by atoms with E-state index in [4.69, 9.17) is 13.9 Å². The van der Waals surface area contributed by atoms with E-state index < -0.39 is 11.0 Å². The third-order valence-corrected chi connectivity index (χ3v) is 5.07. The molecule has 4 rings (SSSR count). The first-order valence-corrected chi connectivity index (χ1v) is 9.95. The quantitative estimate of drug-likeness (QED) is 0.549. The van der Waals surface area contributed by atoms with Crippen LogP contribution in [0.4, 0.5) is 0 Å². The van der Waals surface area contributed by atoms with E-state index in [0.29, 0.717) is 23.7 Å². The van der Waals surface area contributed by atoms with Crippen molar-refractivity contribution >= 4 is 17.0 Å². The molecule has 2 heterocycles. The normalized spacial score (nSPS) is 14.1. The number of ether oxygens (including phenoxy) is 2. The molecule has 0 radical (unpaired) electrons. The second-order valence-corrected chi connectivity index (χ2v) is 8.30. The van der Waals surface area contributed by atoms with Crippen molar-refractivity contribution in [3.05, 3.63) is 64.0 Å². The molecule has 0 unspecified atom stereocenters. The van der Waals surface area contributed by atoms with Crippen LogP contribution < -0.4 is 14.9 Å². The van der Waals surface area contributed by atoms with Crippen LogP contribution >= 0.6 is 0 Å². The van der Waals surface area contributed by atoms with Gasteiger partial charge in [-0.05, 0) is 58.1 Å². The fourth-order valence-corrected chi connectivity index (χ4v) is 3.43. The monoisotopic (exact) mass is 420 g/mol. The van der Waals surface area contributed by atoms with Gasteiger partial charge in [0.15, 0.2) is 0 Å². The molecule has 0 amide bonds. The second-order valence-electron chi connectivity index (χ2n) is 8.30. The van der Waals surface area contributed by atoms with Crippen molar-refractivity contribution in [1.82, 2.24) is 0 Å². The van der Waals surface area contributed by atoms with E-state index in [0.717, 1.165) is 5.57 Å². The highest BCUT2D eigenvalue weighted by molar-refractivity contribution is 5.93. The molecular weight excluding hydrogens is 396 g/mol. The number of allylic oxidation sites excluding steroid dienone is 1. The molecule has 6 nitrogen and oxygen atoms in total. The maximum Gasteiger partial charge on any atom is 0.204 e. The molecule has 2 N–H and O–H groups in total. The largest absolute Gasteiger partial charge is 0.507 e. The van der Waals surface area contributed by atoms with Gasteiger partial charge in [0, 0.05) is 17.7 Å². The van der Waals surface area contributed by atoms with Crippen LogP contribution in [0.2, 0.25) is 0 Å². The lowest BCUT2D eigenvalue weighted by molar-refractivity contribution is 0.158. The summed E-state index contributed by atoms with van der Waals surface area (Å²) in [6.45, 7) is 8.10. The average molecular weight is 420 g/mol. The molecule has 2 aromatic carbocycles. The van der Waals surface area contributed by atoms with E-state index in [1.165, 1.54) is 12.3 Å². The summed E-state index contributed by atoms with van der Waals surface area (Å²) in [6.07, 6.45) is 6.74. The second kappa shape index (κ2) is 7.54. The Morgan fingerprint density at radius 3 is 2.65 bits per heavy atom. The van der Waals surface area contributed by atoms with Crippen molar-refractivity contribution in [2.24, 2.45) is 0 Å². The number of benzene rings is 2. The average Bonchev–Trinajstić information content (AvgIpc) is 2.67. The van der Waals surface area contributed by atoms with Crippen molar-refractivity contribution in [1.29, 1.82) is 0 Å². The first kappa shape index (κ1) is 20.6. The molecule has 6 heteroatoms. The molecule has 1 aliphatic heterocycles. The minimum Gasteiger partial charge on any atom is -0.507 e. The van der Waals surface area contributed by atoms with Crippen LogP contribution in [-0.2, 0) is 0 Å². The molecule has 3 aromatic rings. The predicted molar refractivity (Wildman–Crippen MR) is 120 cm³/mol. The van der Waals surface area contributed by atoms with Crippen LogP contribution in [0.15, 0.2) is 57.5 Å². The number of fused-ring (bicyclic) bond motifs is 2. The molecule has 0 saturated carbocycles. The molecule has 0 aliphatic carbocycles. The third-order valence-electron chi connectivity index (χ3n) is 5.07. The summed E-state index contributed by atoms with van der Waals surface area (Å²) in [4.78, 5) is 13.2. The SMILES string of the molecule is CC(C)=CCOc1ccc(-c2coc3cc4c(c(O)c3c2=O)C=CC(C)(C)O4)c(O)c1. The lowest BCUT2D eigenvalue weighted by Crippen LogP contribution is -2.27. The summed E-state index contributed by atoms with van der Waals surface area (Å²) in [7, 11) is 0. The molecular formula is C25H24O6. The summed E-state index contributed by atoms with van der Waals surface area (Å²) in [5, 5.41) is 21.3. The zero-order chi connectivity index (χ0) is 22.3. The Balaban J connectivity index is 1.78. The van der Waals surface area contributed by atoms with Gasteiger partial charge in [0.2, 0.25) is 5.43 Å². The first-order chi connectivity index (χ1) is 14.7. The Kier molecular flexibility index (Phi) is 5.01. The van der Waals surface area contributed by atoms with Crippen LogP contribution in [0.3, 0.4) is 0 Å². The summed E-state index contributed by atoms with van der Waals surface area (Å²) < 4.78 is 17.1. The number of rotatable bonds is 4. The van der Waals surface area contributed by atoms with E-state index in [2.05, 4.69) is 0 Å². The van der Waals surface area contributed by atoms with Gasteiger partial charge in [-0.15, -0.1) is 0 Å². The number of aromatic hydroxyl groups is 2. The molecule has 1 aliphatic rings. The molecule has 31 heavy (non-hydrogen) atoms. The van der Waals surface area contributed by atoms with E-state index in [1.54, 1.807) is 24.3 Å². The van der Waals surface area contributed by atoms with Gasteiger partial charge in [0.25, 0.3) is 0 Å². The lowest BCUT2D eigenvalue weighted by Gasteiger charge is -2.28. The van der Waals surface area contributed by atoms with Crippen LogP contribution in [0.5, 0.6) is 23.0 Å². The highest BCUT2D eigenvalue weighted by Crippen LogP contribution is 2.41. The number of hydrogen-bond acceptors (Lipinski definition) is 6. The Labute approximate surface area is 179 Å². The molecule has 1 aromatic heterocycles. The van der Waals surface area contributed by atoms with Crippen molar-refractivity contribution in [3.8, 4) is 34.1 Å². The zero-order valence-corrected chi connectivity index (χ0v) is 17.9. The van der Waals surface area contributed by atoms with Crippen molar-refractivity contribution < 1.29 is 24.1 Å². The van der Waals surface area contributed by atoms with E-state index >= 15 is 0 Å². The molecule has 0 bridgehead atoms. The Morgan fingerprint density at radius 1 is 1.16 bits per heavy atom. The van der Waals surface area contributed by atoms with Gasteiger partial charge in [-0.2, -0.15) is 0 Å². The third kappa shape index (κ3) is 3.89. The van der Waals surface area contributed by atoms with E-state index in [1.807, 2.05) is 39.8 Å². The highest BCUT2D eigenvalue weighted by Gasteiger charge is 2.27. The number of phenols is 2. The molecule has 0 fully saturated rings. The highest BCUT2D eigenvalue weighted by atomic mass is 16.5. The van der Waals surface area contributed by atoms with E-state index in [-0.39, 0.29) is 33.6 Å². The summed E-state index contributed by atoms with van der Waals surface area (Å²) in [5.41, 5.74) is 1.19. The standard InChI is InChI=1S/C25H24O6/c1-14(2)8-10-29-15-5-6-16(19(26)11-15)18-13-30-21-12-20-17(7-9-25(3,4)31-20)23(27)22(21)24(18)28/h5-9,11-13,26-27H,10H2,1-4H3. The topological polar surface area (TPSA) is 89.1 Å². The minimum atomic E-state index is -0.533. The van der Waals surface area contributed by atoms with Crippen LogP contribution in [0, 0.1) is 0 Å². The number of hydrogen-bond donors (Lipinski definition) is 2. The Morgan fingerprint density at radius 2 is 1.94 bits per heavy atom. The molecule has 160 valence electrons. The Bertz CT molecular complexity index is 1290. The Hall–Kier alpha value is -3.67. The summed E-state index contributed by atoms with van der Waals surface area (Å²) >= 11 is 0. The van der Waals surface area contributed by atoms with Crippen LogP contribution in [-0.4, -0.2) is 22.4 Å². The molecule has 0 spiro atoms. The van der Waals surface area contributed by atoms with Crippen molar-refractivity contribution in [2.45, 2.75) is 33.3 Å². The van der Waals surface area contributed by atoms with Crippen molar-refractivity contribution in [2.75, 3.05) is 6.61 Å². The zero-order valence-electron chi connectivity index (χ0n) is 17.9. The first-order valence-electron chi connectivity index (χ1n) is 9.95. The molecule has 0 saturated heterocycles. The predicted octanol–water partition coefficient (Wildman–Crippen LogP) is 5.40. The maximum absolute atomic E-state index is 13.2. The summed E-state index contributed by atoms with van der Waals surface area (Å²) in [6, 6.07) is 6.30. The maximum atomic E-state index is 13.2. The van der Waals surface area contributed by atoms with Gasteiger partial charge in [0.05, 0.1) is 11.1 Å². The van der Waals surface area contributed by atoms with Crippen molar-refractivity contribution in [3.63, 3.8) is 0 Å². The lowest BCUT2D eigenvalue weighted by atomic mass is 9.98. The van der Waals surface area contributed by atoms with Gasteiger partial charge in [0.1, 0.15) is 52.4 Å². The fourth-order valence-electron chi connectivity index (χ4n) is 3.43. The van der Waals surface area contributed by atoms with Gasteiger partial charge in [-0.3, -0.25) is 4.79 Å². The number of phenolic OH excluding ortho intramolecular Hbond substituents is 2. The summed E-state index contributed by atoms with van der Waals surface area (Å²) in [5.74, 6) is 0.583. The minimum absolute atomic E-state index is 0.0347.